The third-order valence-corrected chi connectivity index (χ3v) is 8.55. The van der Waals surface area contributed by atoms with E-state index in [0.29, 0.717) is 16.9 Å². The summed E-state index contributed by atoms with van der Waals surface area (Å²) >= 11 is 6.20. The van der Waals surface area contributed by atoms with Gasteiger partial charge in [-0.3, -0.25) is 9.59 Å². The normalized spacial score (nSPS) is 28.8. The van der Waals surface area contributed by atoms with Crippen LogP contribution in [0.4, 0.5) is 0 Å². The van der Waals surface area contributed by atoms with E-state index >= 15 is 0 Å². The number of rotatable bonds is 5. The van der Waals surface area contributed by atoms with Crippen LogP contribution < -0.4 is 5.32 Å². The minimum Gasteiger partial charge on any atom is -0.350 e. The van der Waals surface area contributed by atoms with Crippen LogP contribution in [0.5, 0.6) is 0 Å². The largest absolute Gasteiger partial charge is 0.350 e. The van der Waals surface area contributed by atoms with Gasteiger partial charge in [0.1, 0.15) is 0 Å². The first kappa shape index (κ1) is 21.3. The van der Waals surface area contributed by atoms with Gasteiger partial charge in [-0.15, -0.1) is 0 Å². The van der Waals surface area contributed by atoms with Crippen LogP contribution >= 0.6 is 11.6 Å². The van der Waals surface area contributed by atoms with Gasteiger partial charge < -0.3 is 15.1 Å². The smallest absolute Gasteiger partial charge is 0.233 e. The van der Waals surface area contributed by atoms with Gasteiger partial charge >= 0.3 is 0 Å². The molecule has 1 spiro atoms. The van der Waals surface area contributed by atoms with E-state index in [1.165, 1.54) is 6.42 Å². The van der Waals surface area contributed by atoms with E-state index in [9.17, 15) is 9.59 Å². The van der Waals surface area contributed by atoms with Gasteiger partial charge in [0.15, 0.2) is 0 Å². The van der Waals surface area contributed by atoms with E-state index in [-0.39, 0.29) is 28.7 Å². The maximum absolute atomic E-state index is 13.5. The molecule has 1 aromatic rings. The topological polar surface area (TPSA) is 52.7 Å². The van der Waals surface area contributed by atoms with Gasteiger partial charge in [0.2, 0.25) is 11.8 Å². The van der Waals surface area contributed by atoms with Crippen molar-refractivity contribution in [2.24, 2.45) is 17.8 Å². The zero-order valence-corrected chi connectivity index (χ0v) is 19.5. The van der Waals surface area contributed by atoms with Crippen molar-refractivity contribution in [2.45, 2.75) is 56.9 Å². The summed E-state index contributed by atoms with van der Waals surface area (Å²) in [4.78, 5) is 30.8. The van der Waals surface area contributed by atoms with Crippen molar-refractivity contribution in [1.29, 1.82) is 0 Å². The number of halogens is 1. The molecule has 2 amide bonds. The van der Waals surface area contributed by atoms with Crippen LogP contribution in [0.3, 0.4) is 0 Å². The molecule has 6 heteroatoms. The van der Waals surface area contributed by atoms with Crippen LogP contribution in [0, 0.1) is 17.8 Å². The molecule has 5 nitrogen and oxygen atoms in total. The summed E-state index contributed by atoms with van der Waals surface area (Å²) in [6, 6.07) is 7.79. The van der Waals surface area contributed by atoms with Gasteiger partial charge in [-0.25, -0.2) is 0 Å². The van der Waals surface area contributed by atoms with Gasteiger partial charge in [-0.2, -0.15) is 0 Å². The van der Waals surface area contributed by atoms with Crippen LogP contribution in [0.2, 0.25) is 5.02 Å². The highest BCUT2D eigenvalue weighted by Gasteiger charge is 2.59. The van der Waals surface area contributed by atoms with E-state index in [0.717, 1.165) is 64.0 Å². The second-order valence-electron chi connectivity index (χ2n) is 10.7. The molecule has 3 heterocycles. The van der Waals surface area contributed by atoms with Crippen molar-refractivity contribution in [3.8, 4) is 0 Å². The molecule has 31 heavy (non-hydrogen) atoms. The average Bonchev–Trinajstić information content (AvgIpc) is 3.38. The second-order valence-corrected chi connectivity index (χ2v) is 11.1. The third kappa shape index (κ3) is 3.68. The number of fused-ring (bicyclic) bond motifs is 2. The SMILES string of the molecule is CC(C)CCN1C[C@H]2C(=O)NC3(CCN(C(=O)C4(c5cccc(Cl)c5)CC4)CC3)[C@H]2C1. The molecule has 3 saturated heterocycles. The van der Waals surface area contributed by atoms with E-state index in [1.54, 1.807) is 0 Å². The molecule has 0 bridgehead atoms. The monoisotopic (exact) mass is 443 g/mol. The van der Waals surface area contributed by atoms with Crippen LogP contribution in [-0.4, -0.2) is 59.9 Å². The van der Waals surface area contributed by atoms with Crippen molar-refractivity contribution >= 4 is 23.4 Å². The van der Waals surface area contributed by atoms with Crippen molar-refractivity contribution in [1.82, 2.24) is 15.1 Å². The first-order valence-corrected chi connectivity index (χ1v) is 12.3. The predicted molar refractivity (Wildman–Crippen MR) is 122 cm³/mol. The molecule has 1 aromatic carbocycles. The third-order valence-electron chi connectivity index (χ3n) is 8.32. The van der Waals surface area contributed by atoms with Gasteiger partial charge in [0.05, 0.1) is 11.3 Å². The Morgan fingerprint density at radius 3 is 2.58 bits per heavy atom. The lowest BCUT2D eigenvalue weighted by atomic mass is 9.75. The van der Waals surface area contributed by atoms with Crippen LogP contribution in [0.15, 0.2) is 24.3 Å². The molecule has 0 radical (unpaired) electrons. The Morgan fingerprint density at radius 2 is 1.94 bits per heavy atom. The molecule has 1 saturated carbocycles. The average molecular weight is 444 g/mol. The lowest BCUT2D eigenvalue weighted by Gasteiger charge is -2.43. The van der Waals surface area contributed by atoms with Gasteiger partial charge in [-0.05, 0) is 62.3 Å². The number of hydrogen-bond acceptors (Lipinski definition) is 3. The van der Waals surface area contributed by atoms with Crippen LogP contribution in [0.25, 0.3) is 0 Å². The first-order chi connectivity index (χ1) is 14.8. The lowest BCUT2D eigenvalue weighted by molar-refractivity contribution is -0.136. The Balaban J connectivity index is 1.25. The molecular formula is C25H34ClN3O2. The van der Waals surface area contributed by atoms with Crippen molar-refractivity contribution in [2.75, 3.05) is 32.7 Å². The summed E-state index contributed by atoms with van der Waals surface area (Å²) in [7, 11) is 0. The number of nitrogens with one attached hydrogen (secondary N) is 1. The summed E-state index contributed by atoms with van der Waals surface area (Å²) in [6.45, 7) is 8.97. The Bertz CT molecular complexity index is 873. The molecule has 1 N–H and O–H groups in total. The fourth-order valence-corrected chi connectivity index (χ4v) is 6.40. The van der Waals surface area contributed by atoms with Crippen molar-refractivity contribution in [3.05, 3.63) is 34.9 Å². The molecule has 2 atom stereocenters. The van der Waals surface area contributed by atoms with Gasteiger partial charge in [-0.1, -0.05) is 37.6 Å². The molecule has 3 aliphatic heterocycles. The van der Waals surface area contributed by atoms with Crippen molar-refractivity contribution in [3.63, 3.8) is 0 Å². The van der Waals surface area contributed by atoms with E-state index in [2.05, 4.69) is 24.1 Å². The Morgan fingerprint density at radius 1 is 1.19 bits per heavy atom. The highest BCUT2D eigenvalue weighted by molar-refractivity contribution is 6.30. The number of benzene rings is 1. The molecule has 0 unspecified atom stereocenters. The summed E-state index contributed by atoms with van der Waals surface area (Å²) < 4.78 is 0. The molecule has 4 aliphatic rings. The van der Waals surface area contributed by atoms with E-state index in [1.807, 2.05) is 29.2 Å². The Kier molecular flexibility index (Phi) is 5.33. The highest BCUT2D eigenvalue weighted by atomic mass is 35.5. The number of carbonyl (C=O) groups excluding carboxylic acids is 2. The van der Waals surface area contributed by atoms with Gasteiger partial charge in [0, 0.05) is 42.7 Å². The predicted octanol–water partition coefficient (Wildman–Crippen LogP) is 3.46. The number of carbonyl (C=O) groups is 2. The minimum atomic E-state index is -0.377. The fraction of sp³-hybridized carbons (Fsp3) is 0.680. The maximum atomic E-state index is 13.5. The maximum Gasteiger partial charge on any atom is 0.233 e. The lowest BCUT2D eigenvalue weighted by Crippen LogP contribution is -2.57. The molecule has 4 fully saturated rings. The zero-order chi connectivity index (χ0) is 21.8. The molecule has 5 rings (SSSR count). The molecule has 168 valence electrons. The van der Waals surface area contributed by atoms with E-state index < -0.39 is 0 Å². The minimum absolute atomic E-state index is 0.121. The summed E-state index contributed by atoms with van der Waals surface area (Å²) in [5, 5.41) is 4.08. The number of amides is 2. The number of likely N-dealkylation sites (tertiary alicyclic amines) is 2. The standard InChI is InChI=1S/C25H34ClN3O2/c1-17(2)6-11-28-15-20-21(16-28)25(27-22(20)30)9-12-29(13-10-25)23(31)24(7-8-24)18-4-3-5-19(26)14-18/h3-5,14,17,20-21H,6-13,15-16H2,1-2H3,(H,27,30)/t20-,21+/m1/s1. The molecular weight excluding hydrogens is 410 g/mol. The summed E-state index contributed by atoms with van der Waals surface area (Å²) in [5.74, 6) is 1.67. The summed E-state index contributed by atoms with van der Waals surface area (Å²) in [5.41, 5.74) is 0.548. The highest BCUT2D eigenvalue weighted by Crippen LogP contribution is 2.51. The Hall–Kier alpha value is -1.59. The number of piperidine rings is 1. The Labute approximate surface area is 190 Å². The summed E-state index contributed by atoms with van der Waals surface area (Å²) in [6.07, 6.45) is 4.73. The second kappa shape index (κ2) is 7.77. The number of nitrogens with zero attached hydrogens (tertiary/aromatic N) is 2. The molecule has 0 aromatic heterocycles. The molecule has 1 aliphatic carbocycles. The van der Waals surface area contributed by atoms with Crippen LogP contribution in [0.1, 0.15) is 51.5 Å². The zero-order valence-electron chi connectivity index (χ0n) is 18.7. The van der Waals surface area contributed by atoms with Crippen molar-refractivity contribution < 1.29 is 9.59 Å². The van der Waals surface area contributed by atoms with E-state index in [4.69, 9.17) is 11.6 Å². The van der Waals surface area contributed by atoms with Gasteiger partial charge in [0.25, 0.3) is 0 Å². The van der Waals surface area contributed by atoms with Crippen LogP contribution in [-0.2, 0) is 15.0 Å². The quantitative estimate of drug-likeness (QED) is 0.758. The first-order valence-electron chi connectivity index (χ1n) is 11.9. The number of hydrogen-bond donors (Lipinski definition) is 1. The fourth-order valence-electron chi connectivity index (χ4n) is 6.21.